The number of halogens is 4. The van der Waals surface area contributed by atoms with Gasteiger partial charge in [0.15, 0.2) is 5.78 Å². The van der Waals surface area contributed by atoms with Gasteiger partial charge in [-0.25, -0.2) is 9.18 Å². The SMILES string of the molecule is O=C(CC(=O)c1cc(F)cc(OC(F)(F)F)c1)C(=O)OCc1ccccc1. The third kappa shape index (κ3) is 6.53. The molecule has 0 saturated carbocycles. The second-order valence-electron chi connectivity index (χ2n) is 5.31. The van der Waals surface area contributed by atoms with Gasteiger partial charge in [-0.3, -0.25) is 9.59 Å². The first-order valence-corrected chi connectivity index (χ1v) is 7.47. The quantitative estimate of drug-likeness (QED) is 0.240. The Bertz CT molecular complexity index is 847. The highest BCUT2D eigenvalue weighted by Crippen LogP contribution is 2.25. The molecule has 0 N–H and O–H groups in total. The van der Waals surface area contributed by atoms with Gasteiger partial charge in [0.05, 0.1) is 6.42 Å². The van der Waals surface area contributed by atoms with Gasteiger partial charge in [-0.05, 0) is 17.7 Å². The fourth-order valence-corrected chi connectivity index (χ4v) is 2.04. The molecule has 2 aromatic rings. The molecule has 0 aromatic heterocycles. The maximum Gasteiger partial charge on any atom is 0.573 e. The smallest absolute Gasteiger partial charge is 0.455 e. The number of alkyl halides is 3. The van der Waals surface area contributed by atoms with E-state index in [1.54, 1.807) is 30.3 Å². The van der Waals surface area contributed by atoms with Crippen molar-refractivity contribution in [2.24, 2.45) is 0 Å². The van der Waals surface area contributed by atoms with E-state index >= 15 is 0 Å². The van der Waals surface area contributed by atoms with Crippen LogP contribution in [0.1, 0.15) is 22.3 Å². The lowest BCUT2D eigenvalue weighted by Crippen LogP contribution is -2.21. The summed E-state index contributed by atoms with van der Waals surface area (Å²) in [7, 11) is 0. The highest BCUT2D eigenvalue weighted by molar-refractivity contribution is 6.38. The molecule has 0 unspecified atom stereocenters. The lowest BCUT2D eigenvalue weighted by Gasteiger charge is -2.10. The van der Waals surface area contributed by atoms with Gasteiger partial charge in [-0.2, -0.15) is 0 Å². The zero-order valence-electron chi connectivity index (χ0n) is 13.6. The molecule has 0 fully saturated rings. The standard InChI is InChI=1S/C18H12F4O5/c19-13-6-12(7-14(8-13)27-18(20,21)22)15(23)9-16(24)17(25)26-10-11-4-2-1-3-5-11/h1-8H,9-10H2. The summed E-state index contributed by atoms with van der Waals surface area (Å²) in [6.45, 7) is -0.191. The van der Waals surface area contributed by atoms with Crippen LogP contribution in [0.5, 0.6) is 5.75 Å². The summed E-state index contributed by atoms with van der Waals surface area (Å²) in [4.78, 5) is 35.4. The summed E-state index contributed by atoms with van der Waals surface area (Å²) in [5, 5.41) is 0. The van der Waals surface area contributed by atoms with E-state index < -0.39 is 47.4 Å². The van der Waals surface area contributed by atoms with Gasteiger partial charge in [0.25, 0.3) is 0 Å². The van der Waals surface area contributed by atoms with Gasteiger partial charge in [0.2, 0.25) is 5.78 Å². The van der Waals surface area contributed by atoms with Crippen molar-refractivity contribution in [1.82, 2.24) is 0 Å². The first-order chi connectivity index (χ1) is 12.6. The van der Waals surface area contributed by atoms with Crippen molar-refractivity contribution in [2.45, 2.75) is 19.4 Å². The van der Waals surface area contributed by atoms with Crippen LogP contribution < -0.4 is 4.74 Å². The molecule has 0 atom stereocenters. The number of esters is 1. The van der Waals surface area contributed by atoms with Crippen LogP contribution in [0.15, 0.2) is 48.5 Å². The van der Waals surface area contributed by atoms with Crippen LogP contribution >= 0.6 is 0 Å². The monoisotopic (exact) mass is 384 g/mol. The van der Waals surface area contributed by atoms with Crippen LogP contribution in [0, 0.1) is 5.82 Å². The van der Waals surface area contributed by atoms with Crippen molar-refractivity contribution in [3.63, 3.8) is 0 Å². The molecule has 0 heterocycles. The van der Waals surface area contributed by atoms with E-state index in [1.165, 1.54) is 0 Å². The van der Waals surface area contributed by atoms with Crippen LogP contribution in [0.2, 0.25) is 0 Å². The van der Waals surface area contributed by atoms with E-state index in [4.69, 9.17) is 4.74 Å². The Hall–Kier alpha value is -3.23. The Morgan fingerprint density at radius 1 is 0.963 bits per heavy atom. The van der Waals surface area contributed by atoms with Gasteiger partial charge in [0.1, 0.15) is 18.2 Å². The molecule has 0 bridgehead atoms. The predicted octanol–water partition coefficient (Wildman–Crippen LogP) is 3.61. The minimum absolute atomic E-state index is 0.191. The maximum absolute atomic E-state index is 13.4. The number of hydrogen-bond donors (Lipinski definition) is 0. The molecule has 0 spiro atoms. The van der Waals surface area contributed by atoms with E-state index in [2.05, 4.69) is 4.74 Å². The second kappa shape index (κ2) is 8.43. The number of ether oxygens (including phenoxy) is 2. The molecule has 2 rings (SSSR count). The topological polar surface area (TPSA) is 69.7 Å². The summed E-state index contributed by atoms with van der Waals surface area (Å²) in [6.07, 6.45) is -6.06. The highest BCUT2D eigenvalue weighted by Gasteiger charge is 2.31. The van der Waals surface area contributed by atoms with E-state index in [0.29, 0.717) is 23.8 Å². The van der Waals surface area contributed by atoms with Crippen LogP contribution in [0.4, 0.5) is 17.6 Å². The van der Waals surface area contributed by atoms with E-state index in [9.17, 15) is 31.9 Å². The van der Waals surface area contributed by atoms with Crippen LogP contribution in [0.3, 0.4) is 0 Å². The molecule has 0 aliphatic heterocycles. The Kier molecular flexibility index (Phi) is 6.27. The summed E-state index contributed by atoms with van der Waals surface area (Å²) >= 11 is 0. The molecule has 0 radical (unpaired) electrons. The fourth-order valence-electron chi connectivity index (χ4n) is 2.04. The highest BCUT2D eigenvalue weighted by atomic mass is 19.4. The van der Waals surface area contributed by atoms with Crippen molar-refractivity contribution >= 4 is 17.5 Å². The normalized spacial score (nSPS) is 11.0. The molecule has 142 valence electrons. The van der Waals surface area contributed by atoms with Crippen LogP contribution in [-0.4, -0.2) is 23.9 Å². The molecule has 5 nitrogen and oxygen atoms in total. The lowest BCUT2D eigenvalue weighted by atomic mass is 10.1. The number of ketones is 2. The van der Waals surface area contributed by atoms with Gasteiger partial charge in [-0.1, -0.05) is 30.3 Å². The maximum atomic E-state index is 13.4. The zero-order valence-corrected chi connectivity index (χ0v) is 13.6. The number of Topliss-reactive ketones (excluding diaryl/α,β-unsaturated/α-hetero) is 2. The van der Waals surface area contributed by atoms with Crippen molar-refractivity contribution in [3.05, 3.63) is 65.5 Å². The second-order valence-corrected chi connectivity index (χ2v) is 5.31. The minimum atomic E-state index is -5.08. The lowest BCUT2D eigenvalue weighted by molar-refractivity contribution is -0.274. The number of rotatable bonds is 7. The Morgan fingerprint density at radius 3 is 2.26 bits per heavy atom. The summed E-state index contributed by atoms with van der Waals surface area (Å²) in [5.74, 6) is -5.67. The number of benzene rings is 2. The Morgan fingerprint density at radius 2 is 1.63 bits per heavy atom. The molecular formula is C18H12F4O5. The first kappa shape index (κ1) is 20.1. The molecule has 27 heavy (non-hydrogen) atoms. The number of carbonyl (C=O) groups excluding carboxylic acids is 3. The third-order valence-electron chi connectivity index (χ3n) is 3.19. The van der Waals surface area contributed by atoms with Crippen molar-refractivity contribution in [2.75, 3.05) is 0 Å². The number of hydrogen-bond acceptors (Lipinski definition) is 5. The molecule has 0 aliphatic carbocycles. The summed E-state index contributed by atoms with van der Waals surface area (Å²) in [5.41, 5.74) is 0.0718. The molecule has 2 aromatic carbocycles. The van der Waals surface area contributed by atoms with Gasteiger partial charge >= 0.3 is 12.3 Å². The van der Waals surface area contributed by atoms with Gasteiger partial charge in [-0.15, -0.1) is 13.2 Å². The Labute approximate surface area is 150 Å². The zero-order chi connectivity index (χ0) is 20.0. The van der Waals surface area contributed by atoms with Crippen LogP contribution in [0.25, 0.3) is 0 Å². The molecule has 0 saturated heterocycles. The van der Waals surface area contributed by atoms with E-state index in [-0.39, 0.29) is 6.61 Å². The summed E-state index contributed by atoms with van der Waals surface area (Å²) < 4.78 is 58.3. The number of carbonyl (C=O) groups is 3. The van der Waals surface area contributed by atoms with E-state index in [0.717, 1.165) is 0 Å². The van der Waals surface area contributed by atoms with Crippen molar-refractivity contribution < 1.29 is 41.4 Å². The van der Waals surface area contributed by atoms with Gasteiger partial charge in [0, 0.05) is 11.6 Å². The molecule has 9 heteroatoms. The molecule has 0 amide bonds. The average Bonchev–Trinajstić information content (AvgIpc) is 2.58. The fraction of sp³-hybridized carbons (Fsp3) is 0.167. The van der Waals surface area contributed by atoms with Crippen molar-refractivity contribution in [1.29, 1.82) is 0 Å². The molecule has 0 aliphatic rings. The summed E-state index contributed by atoms with van der Waals surface area (Å²) in [6, 6.07) is 10.1. The Balaban J connectivity index is 1.99. The minimum Gasteiger partial charge on any atom is -0.455 e. The first-order valence-electron chi connectivity index (χ1n) is 7.47. The average molecular weight is 384 g/mol. The largest absolute Gasteiger partial charge is 0.573 e. The van der Waals surface area contributed by atoms with Crippen LogP contribution in [-0.2, 0) is 20.9 Å². The predicted molar refractivity (Wildman–Crippen MR) is 83.3 cm³/mol. The molecular weight excluding hydrogens is 372 g/mol. The van der Waals surface area contributed by atoms with E-state index in [1.807, 2.05) is 0 Å². The van der Waals surface area contributed by atoms with Gasteiger partial charge < -0.3 is 9.47 Å². The van der Waals surface area contributed by atoms with Crippen molar-refractivity contribution in [3.8, 4) is 5.75 Å². The third-order valence-corrected chi connectivity index (χ3v) is 3.19.